The number of carbonyl (C=O) groups excluding carboxylic acids is 2. The number of benzene rings is 2. The van der Waals surface area contributed by atoms with Crippen LogP contribution in [0.5, 0.6) is 5.75 Å². The Balaban J connectivity index is 1.31. The van der Waals surface area contributed by atoms with Crippen molar-refractivity contribution in [1.29, 1.82) is 0 Å². The number of carbonyl (C=O) groups is 2. The van der Waals surface area contributed by atoms with Crippen LogP contribution < -0.4 is 15.4 Å². The van der Waals surface area contributed by atoms with Crippen LogP contribution in [0.15, 0.2) is 48.5 Å². The van der Waals surface area contributed by atoms with Gasteiger partial charge in [0.25, 0.3) is 11.8 Å². The van der Waals surface area contributed by atoms with Crippen molar-refractivity contribution < 1.29 is 19.1 Å². The molecule has 1 atom stereocenters. The smallest absolute Gasteiger partial charge is 0.286 e. The molecule has 0 bridgehead atoms. The molecule has 0 aliphatic carbocycles. The van der Waals surface area contributed by atoms with E-state index in [0.717, 1.165) is 42.1 Å². The topological polar surface area (TPSA) is 102 Å². The van der Waals surface area contributed by atoms with Crippen LogP contribution in [0.25, 0.3) is 0 Å². The van der Waals surface area contributed by atoms with E-state index < -0.39 is 0 Å². The average molecular weight is 453 g/mol. The predicted molar refractivity (Wildman–Crippen MR) is 121 cm³/mol. The van der Waals surface area contributed by atoms with Gasteiger partial charge in [0.2, 0.25) is 5.01 Å². The van der Waals surface area contributed by atoms with Crippen LogP contribution >= 0.6 is 11.3 Å². The highest BCUT2D eigenvalue weighted by Crippen LogP contribution is 2.18. The van der Waals surface area contributed by atoms with E-state index in [0.29, 0.717) is 22.8 Å². The SMILES string of the molecule is Cc1cccc(OCc2nnc(C(=O)Nc3cccc(C(=O)NCC4CCCO4)c3)s2)c1. The van der Waals surface area contributed by atoms with Crippen molar-refractivity contribution in [3.63, 3.8) is 0 Å². The summed E-state index contributed by atoms with van der Waals surface area (Å²) in [7, 11) is 0. The molecule has 1 saturated heterocycles. The van der Waals surface area contributed by atoms with Crippen LogP contribution in [-0.2, 0) is 11.3 Å². The van der Waals surface area contributed by atoms with Crippen molar-refractivity contribution in [3.8, 4) is 5.75 Å². The molecule has 8 nitrogen and oxygen atoms in total. The zero-order valence-electron chi connectivity index (χ0n) is 17.7. The second kappa shape index (κ2) is 10.3. The maximum absolute atomic E-state index is 12.6. The number of hydrogen-bond donors (Lipinski definition) is 2. The minimum atomic E-state index is -0.388. The molecule has 1 aromatic heterocycles. The molecule has 2 aromatic carbocycles. The van der Waals surface area contributed by atoms with Gasteiger partial charge in [-0.15, -0.1) is 10.2 Å². The molecule has 4 rings (SSSR count). The third kappa shape index (κ3) is 5.89. The van der Waals surface area contributed by atoms with Crippen LogP contribution in [-0.4, -0.2) is 41.3 Å². The first kappa shape index (κ1) is 21.9. The molecule has 3 aromatic rings. The molecular formula is C23H24N4O4S. The molecule has 1 aliphatic heterocycles. The van der Waals surface area contributed by atoms with Crippen molar-refractivity contribution in [1.82, 2.24) is 15.5 Å². The zero-order valence-corrected chi connectivity index (χ0v) is 18.5. The number of amides is 2. The Hall–Kier alpha value is -3.30. The maximum Gasteiger partial charge on any atom is 0.286 e. The van der Waals surface area contributed by atoms with E-state index in [4.69, 9.17) is 9.47 Å². The van der Waals surface area contributed by atoms with E-state index in [1.165, 1.54) is 0 Å². The summed E-state index contributed by atoms with van der Waals surface area (Å²) in [5, 5.41) is 14.5. The molecule has 32 heavy (non-hydrogen) atoms. The van der Waals surface area contributed by atoms with Gasteiger partial charge < -0.3 is 20.1 Å². The van der Waals surface area contributed by atoms with E-state index >= 15 is 0 Å². The van der Waals surface area contributed by atoms with E-state index in [9.17, 15) is 9.59 Å². The lowest BCUT2D eigenvalue weighted by atomic mass is 10.1. The Morgan fingerprint density at radius 1 is 1.16 bits per heavy atom. The Morgan fingerprint density at radius 2 is 2.03 bits per heavy atom. The summed E-state index contributed by atoms with van der Waals surface area (Å²) in [5.41, 5.74) is 2.07. The molecule has 1 unspecified atom stereocenters. The number of aryl methyl sites for hydroxylation is 1. The molecule has 0 spiro atoms. The largest absolute Gasteiger partial charge is 0.486 e. The van der Waals surface area contributed by atoms with Gasteiger partial charge in [0.15, 0.2) is 5.01 Å². The number of ether oxygens (including phenoxy) is 2. The number of nitrogens with zero attached hydrogens (tertiary/aromatic N) is 2. The molecule has 2 heterocycles. The number of hydrogen-bond acceptors (Lipinski definition) is 7. The number of nitrogens with one attached hydrogen (secondary N) is 2. The quantitative estimate of drug-likeness (QED) is 0.542. The maximum atomic E-state index is 12.6. The minimum Gasteiger partial charge on any atom is -0.486 e. The van der Waals surface area contributed by atoms with Crippen LogP contribution in [0.1, 0.15) is 43.6 Å². The predicted octanol–water partition coefficient (Wildman–Crippen LogP) is 3.59. The van der Waals surface area contributed by atoms with Crippen molar-refractivity contribution in [3.05, 3.63) is 69.7 Å². The lowest BCUT2D eigenvalue weighted by Gasteiger charge is -2.11. The summed E-state index contributed by atoms with van der Waals surface area (Å²) < 4.78 is 11.2. The fraction of sp³-hybridized carbons (Fsp3) is 0.304. The molecular weight excluding hydrogens is 428 g/mol. The minimum absolute atomic E-state index is 0.0725. The summed E-state index contributed by atoms with van der Waals surface area (Å²) >= 11 is 1.16. The first-order valence-corrected chi connectivity index (χ1v) is 11.2. The highest BCUT2D eigenvalue weighted by Gasteiger charge is 2.18. The lowest BCUT2D eigenvalue weighted by molar-refractivity contribution is 0.0857. The lowest BCUT2D eigenvalue weighted by Crippen LogP contribution is -2.31. The summed E-state index contributed by atoms with van der Waals surface area (Å²) in [6.07, 6.45) is 2.05. The summed E-state index contributed by atoms with van der Waals surface area (Å²) in [6.45, 7) is 3.44. The van der Waals surface area contributed by atoms with Crippen molar-refractivity contribution in [2.24, 2.45) is 0 Å². The van der Waals surface area contributed by atoms with Crippen LogP contribution in [0, 0.1) is 6.92 Å². The summed E-state index contributed by atoms with van der Waals surface area (Å²) in [4.78, 5) is 25.0. The highest BCUT2D eigenvalue weighted by molar-refractivity contribution is 7.13. The van der Waals surface area contributed by atoms with Gasteiger partial charge in [-0.05, 0) is 55.7 Å². The van der Waals surface area contributed by atoms with Crippen LogP contribution in [0.3, 0.4) is 0 Å². The first-order chi connectivity index (χ1) is 15.6. The second-order valence-electron chi connectivity index (χ2n) is 7.49. The fourth-order valence-electron chi connectivity index (χ4n) is 3.29. The highest BCUT2D eigenvalue weighted by atomic mass is 32.1. The van der Waals surface area contributed by atoms with Gasteiger partial charge in [-0.2, -0.15) is 0 Å². The van der Waals surface area contributed by atoms with Crippen LogP contribution in [0.2, 0.25) is 0 Å². The molecule has 1 fully saturated rings. The standard InChI is InChI=1S/C23H24N4O4S/c1-15-5-2-8-18(11-15)31-14-20-26-27-23(32-20)22(29)25-17-7-3-6-16(12-17)21(28)24-13-19-9-4-10-30-19/h2-3,5-8,11-12,19H,4,9-10,13-14H2,1H3,(H,24,28)(H,25,29). The van der Waals surface area contributed by atoms with Gasteiger partial charge in [0.1, 0.15) is 12.4 Å². The molecule has 9 heteroatoms. The van der Waals surface area contributed by atoms with Gasteiger partial charge in [0.05, 0.1) is 6.10 Å². The fourth-order valence-corrected chi connectivity index (χ4v) is 3.94. The van der Waals surface area contributed by atoms with Gasteiger partial charge in [-0.25, -0.2) is 0 Å². The molecule has 1 aliphatic rings. The molecule has 0 radical (unpaired) electrons. The van der Waals surface area contributed by atoms with Crippen molar-refractivity contribution >= 4 is 28.8 Å². The van der Waals surface area contributed by atoms with Gasteiger partial charge in [-0.3, -0.25) is 9.59 Å². The molecule has 0 saturated carbocycles. The number of rotatable bonds is 8. The Morgan fingerprint density at radius 3 is 2.84 bits per heavy atom. The Bertz CT molecular complexity index is 1090. The molecule has 166 valence electrons. The third-order valence-corrected chi connectivity index (χ3v) is 5.81. The molecule has 2 N–H and O–H groups in total. The first-order valence-electron chi connectivity index (χ1n) is 10.4. The van der Waals surface area contributed by atoms with Gasteiger partial charge in [0, 0.05) is 24.4 Å². The normalized spacial score (nSPS) is 15.3. The van der Waals surface area contributed by atoms with Crippen LogP contribution in [0.4, 0.5) is 5.69 Å². The number of aromatic nitrogens is 2. The number of anilines is 1. The van der Waals surface area contributed by atoms with Gasteiger partial charge in [-0.1, -0.05) is 29.5 Å². The van der Waals surface area contributed by atoms with Crippen molar-refractivity contribution in [2.45, 2.75) is 32.5 Å². The Labute approximate surface area is 190 Å². The zero-order chi connectivity index (χ0) is 22.3. The van der Waals surface area contributed by atoms with Crippen molar-refractivity contribution in [2.75, 3.05) is 18.5 Å². The van der Waals surface area contributed by atoms with Gasteiger partial charge >= 0.3 is 0 Å². The third-order valence-electron chi connectivity index (χ3n) is 4.91. The molecule has 2 amide bonds. The van der Waals surface area contributed by atoms with E-state index in [1.54, 1.807) is 24.3 Å². The van der Waals surface area contributed by atoms with E-state index in [2.05, 4.69) is 20.8 Å². The monoisotopic (exact) mass is 452 g/mol. The summed E-state index contributed by atoms with van der Waals surface area (Å²) in [5.74, 6) is 0.144. The van der Waals surface area contributed by atoms with E-state index in [1.807, 2.05) is 31.2 Å². The Kier molecular flexibility index (Phi) is 7.08. The summed E-state index contributed by atoms with van der Waals surface area (Å²) in [6, 6.07) is 14.5. The second-order valence-corrected chi connectivity index (χ2v) is 8.55. The average Bonchev–Trinajstić information content (AvgIpc) is 3.48. The van der Waals surface area contributed by atoms with E-state index in [-0.39, 0.29) is 29.5 Å².